The molecule has 0 N–H and O–H groups in total. The third kappa shape index (κ3) is 1.90. The molecule has 0 aliphatic rings. The van der Waals surface area contributed by atoms with Crippen LogP contribution in [0.5, 0.6) is 5.75 Å². The topological polar surface area (TPSA) is 35.5 Å². The fraction of sp³-hybridized carbons (Fsp3) is 0.125. The summed E-state index contributed by atoms with van der Waals surface area (Å²) in [6.45, 7) is 0. The Bertz CT molecular complexity index is 417. The van der Waals surface area contributed by atoms with Gasteiger partial charge in [0.1, 0.15) is 0 Å². The molecule has 0 saturated heterocycles. The first kappa shape index (κ1) is 12.2. The van der Waals surface area contributed by atoms with Gasteiger partial charge in [0.15, 0.2) is 0 Å². The van der Waals surface area contributed by atoms with E-state index in [1.165, 1.54) is 0 Å². The molecule has 0 unspecified atom stereocenters. The summed E-state index contributed by atoms with van der Waals surface area (Å²) in [5.74, 6) is -13.0. The lowest BCUT2D eigenvalue weighted by Gasteiger charge is -2.07. The molecule has 0 bridgehead atoms. The first-order valence-corrected chi connectivity index (χ1v) is 3.67. The van der Waals surface area contributed by atoms with Crippen LogP contribution < -0.4 is 4.74 Å². The van der Waals surface area contributed by atoms with Gasteiger partial charge in [-0.3, -0.25) is 0 Å². The van der Waals surface area contributed by atoms with Crippen LogP contribution >= 0.6 is 0 Å². The number of hydrogen-bond acceptors (Lipinski definition) is 3. The number of halogens is 5. The summed E-state index contributed by atoms with van der Waals surface area (Å²) >= 11 is 0. The first-order valence-electron chi connectivity index (χ1n) is 3.67. The maximum absolute atomic E-state index is 12.8. The van der Waals surface area contributed by atoms with Gasteiger partial charge in [0.05, 0.1) is 7.11 Å². The van der Waals surface area contributed by atoms with Crippen molar-refractivity contribution in [3.63, 3.8) is 0 Å². The summed E-state index contributed by atoms with van der Waals surface area (Å²) in [5.41, 5.74) is 0. The minimum absolute atomic E-state index is 0.800. The Hall–Kier alpha value is -1.86. The molecule has 3 nitrogen and oxygen atoms in total. The maximum atomic E-state index is 12.8. The number of hydrogen-bond donors (Lipinski definition) is 0. The van der Waals surface area contributed by atoms with Gasteiger partial charge in [-0.15, -0.1) is 0 Å². The van der Waals surface area contributed by atoms with E-state index in [4.69, 9.17) is 0 Å². The van der Waals surface area contributed by atoms with Crippen molar-refractivity contribution in [2.75, 3.05) is 7.11 Å². The van der Waals surface area contributed by atoms with Crippen molar-refractivity contribution in [1.82, 2.24) is 0 Å². The zero-order valence-electron chi connectivity index (χ0n) is 7.61. The number of ether oxygens (including phenoxy) is 2. The lowest BCUT2D eigenvalue weighted by atomic mass is 10.3. The van der Waals surface area contributed by atoms with Gasteiger partial charge in [-0.25, -0.2) is 18.0 Å². The van der Waals surface area contributed by atoms with E-state index in [0.717, 1.165) is 7.11 Å². The number of methoxy groups -OCH3 is 1. The molecule has 8 heteroatoms. The van der Waals surface area contributed by atoms with Crippen LogP contribution in [0.25, 0.3) is 0 Å². The average molecular weight is 242 g/mol. The Morgan fingerprint density at radius 2 is 1.25 bits per heavy atom. The summed E-state index contributed by atoms with van der Waals surface area (Å²) in [7, 11) is 0.800. The maximum Gasteiger partial charge on any atom is 0.513 e. The third-order valence-electron chi connectivity index (χ3n) is 1.52. The molecule has 16 heavy (non-hydrogen) atoms. The number of carbonyl (C=O) groups excluding carboxylic acids is 1. The smallest absolute Gasteiger partial charge is 0.437 e. The van der Waals surface area contributed by atoms with Gasteiger partial charge in [0.2, 0.25) is 34.8 Å². The van der Waals surface area contributed by atoms with Crippen LogP contribution in [0.15, 0.2) is 0 Å². The summed E-state index contributed by atoms with van der Waals surface area (Å²) in [6.07, 6.45) is -1.61. The Morgan fingerprint density at radius 1 is 0.875 bits per heavy atom. The van der Waals surface area contributed by atoms with Crippen molar-refractivity contribution in [2.24, 2.45) is 0 Å². The van der Waals surface area contributed by atoms with Gasteiger partial charge in [0, 0.05) is 0 Å². The van der Waals surface area contributed by atoms with Crippen molar-refractivity contribution in [2.45, 2.75) is 0 Å². The first-order chi connectivity index (χ1) is 7.40. The molecule has 1 rings (SSSR count). The van der Waals surface area contributed by atoms with E-state index in [1.54, 1.807) is 0 Å². The van der Waals surface area contributed by atoms with Gasteiger partial charge in [-0.05, 0) is 0 Å². The summed E-state index contributed by atoms with van der Waals surface area (Å²) in [4.78, 5) is 10.5. The highest BCUT2D eigenvalue weighted by Crippen LogP contribution is 2.29. The summed E-state index contributed by atoms with van der Waals surface area (Å²) in [6, 6.07) is 0. The van der Waals surface area contributed by atoms with E-state index in [0.29, 0.717) is 0 Å². The molecule has 0 saturated carbocycles. The Balaban J connectivity index is 3.34. The molecule has 0 radical (unpaired) electrons. The highest BCUT2D eigenvalue weighted by atomic mass is 19.2. The molecule has 0 aliphatic carbocycles. The molecule has 1 aromatic rings. The minimum Gasteiger partial charge on any atom is -0.437 e. The van der Waals surface area contributed by atoms with E-state index in [-0.39, 0.29) is 0 Å². The van der Waals surface area contributed by atoms with Crippen LogP contribution in [-0.4, -0.2) is 13.3 Å². The van der Waals surface area contributed by atoms with Crippen LogP contribution in [0.1, 0.15) is 0 Å². The number of carbonyl (C=O) groups is 1. The molecule has 0 atom stereocenters. The van der Waals surface area contributed by atoms with Gasteiger partial charge in [-0.2, -0.15) is 8.78 Å². The standard InChI is InChI=1S/C8H3F5O3/c1-15-8(14)16-7-5(12)3(10)2(9)4(11)6(7)13/h1H3. The van der Waals surface area contributed by atoms with Gasteiger partial charge < -0.3 is 9.47 Å². The molecule has 0 fully saturated rings. The van der Waals surface area contributed by atoms with Crippen molar-refractivity contribution in [1.29, 1.82) is 0 Å². The van der Waals surface area contributed by atoms with Crippen LogP contribution in [0.3, 0.4) is 0 Å². The van der Waals surface area contributed by atoms with E-state index >= 15 is 0 Å². The second-order valence-electron chi connectivity index (χ2n) is 2.46. The van der Waals surface area contributed by atoms with Crippen LogP contribution in [0, 0.1) is 29.1 Å². The highest BCUT2D eigenvalue weighted by Gasteiger charge is 2.28. The van der Waals surface area contributed by atoms with Crippen molar-refractivity contribution < 1.29 is 36.2 Å². The van der Waals surface area contributed by atoms with Crippen molar-refractivity contribution in [3.8, 4) is 5.75 Å². The van der Waals surface area contributed by atoms with Crippen LogP contribution in [0.2, 0.25) is 0 Å². The van der Waals surface area contributed by atoms with Crippen molar-refractivity contribution >= 4 is 6.16 Å². The zero-order valence-corrected chi connectivity index (χ0v) is 7.61. The Kier molecular flexibility index (Phi) is 3.31. The lowest BCUT2D eigenvalue weighted by molar-refractivity contribution is 0.116. The number of rotatable bonds is 1. The van der Waals surface area contributed by atoms with Gasteiger partial charge >= 0.3 is 6.16 Å². The quantitative estimate of drug-likeness (QED) is 0.249. The SMILES string of the molecule is COC(=O)Oc1c(F)c(F)c(F)c(F)c1F. The fourth-order valence-corrected chi connectivity index (χ4v) is 0.799. The summed E-state index contributed by atoms with van der Waals surface area (Å²) < 4.78 is 71.0. The monoisotopic (exact) mass is 242 g/mol. The molecule has 0 aromatic heterocycles. The van der Waals surface area contributed by atoms with Gasteiger partial charge in [0.25, 0.3) is 0 Å². The Labute approximate surface area is 85.4 Å². The van der Waals surface area contributed by atoms with Crippen LogP contribution in [0.4, 0.5) is 26.7 Å². The second-order valence-corrected chi connectivity index (χ2v) is 2.46. The fourth-order valence-electron chi connectivity index (χ4n) is 0.799. The highest BCUT2D eigenvalue weighted by molar-refractivity contribution is 5.63. The normalized spacial score (nSPS) is 10.1. The van der Waals surface area contributed by atoms with E-state index in [9.17, 15) is 26.7 Å². The van der Waals surface area contributed by atoms with Crippen molar-refractivity contribution in [3.05, 3.63) is 29.1 Å². The average Bonchev–Trinajstić information content (AvgIpc) is 2.29. The molecule has 1 aromatic carbocycles. The summed E-state index contributed by atoms with van der Waals surface area (Å²) in [5, 5.41) is 0. The molecule has 0 amide bonds. The number of benzene rings is 1. The molecule has 0 aliphatic heterocycles. The molecule has 88 valence electrons. The van der Waals surface area contributed by atoms with E-state index in [1.807, 2.05) is 0 Å². The Morgan fingerprint density at radius 3 is 1.62 bits per heavy atom. The lowest BCUT2D eigenvalue weighted by Crippen LogP contribution is -2.13. The van der Waals surface area contributed by atoms with Crippen LogP contribution in [-0.2, 0) is 4.74 Å². The van der Waals surface area contributed by atoms with E-state index in [2.05, 4.69) is 9.47 Å². The second kappa shape index (κ2) is 4.33. The molecular formula is C8H3F5O3. The molecule has 0 heterocycles. The van der Waals surface area contributed by atoms with Gasteiger partial charge in [-0.1, -0.05) is 0 Å². The predicted octanol–water partition coefficient (Wildman–Crippen LogP) is 2.53. The minimum atomic E-state index is -2.34. The molecule has 0 spiro atoms. The third-order valence-corrected chi connectivity index (χ3v) is 1.52. The zero-order chi connectivity index (χ0) is 12.5. The molecular weight excluding hydrogens is 239 g/mol. The van der Waals surface area contributed by atoms with E-state index < -0.39 is 41.0 Å². The largest absolute Gasteiger partial charge is 0.513 e. The predicted molar refractivity (Wildman–Crippen MR) is 39.3 cm³/mol.